The van der Waals surface area contributed by atoms with Crippen LogP contribution in [0.15, 0.2) is 41.8 Å². The van der Waals surface area contributed by atoms with E-state index in [0.29, 0.717) is 12.0 Å². The number of aromatic amines is 1. The molecule has 2 aromatic heterocycles. The molecular formula is C15H11FN4O2S. The second kappa shape index (κ2) is 6.49. The van der Waals surface area contributed by atoms with E-state index in [0.717, 1.165) is 16.5 Å². The Bertz CT molecular complexity index is 841. The monoisotopic (exact) mass is 330 g/mol. The van der Waals surface area contributed by atoms with Crippen LogP contribution < -0.4 is 0 Å². The predicted molar refractivity (Wildman–Crippen MR) is 82.6 cm³/mol. The molecule has 0 aliphatic carbocycles. The number of aromatic nitrogens is 4. The summed E-state index contributed by atoms with van der Waals surface area (Å²) in [5.74, 6) is -1.03. The van der Waals surface area contributed by atoms with Gasteiger partial charge in [-0.2, -0.15) is 5.21 Å². The van der Waals surface area contributed by atoms with Crippen molar-refractivity contribution in [1.82, 2.24) is 20.6 Å². The Morgan fingerprint density at radius 3 is 2.83 bits per heavy atom. The number of aliphatic hydroxyl groups excluding tert-OH is 1. The SMILES string of the molecule is O=C(C=C(O)c1nn[nH]n1)c1csc(Cc2ccc(F)cc2)c1. The molecular weight excluding hydrogens is 319 g/mol. The van der Waals surface area contributed by atoms with Gasteiger partial charge in [0.25, 0.3) is 0 Å². The fraction of sp³-hybridized carbons (Fsp3) is 0.0667. The Hall–Kier alpha value is -2.87. The van der Waals surface area contributed by atoms with Crippen molar-refractivity contribution in [2.75, 3.05) is 0 Å². The van der Waals surface area contributed by atoms with E-state index in [9.17, 15) is 14.3 Å². The molecule has 2 N–H and O–H groups in total. The summed E-state index contributed by atoms with van der Waals surface area (Å²) < 4.78 is 12.9. The molecule has 2 heterocycles. The number of H-pyrrole nitrogens is 1. The van der Waals surface area contributed by atoms with Gasteiger partial charge in [0.2, 0.25) is 5.82 Å². The summed E-state index contributed by atoms with van der Waals surface area (Å²) in [6.07, 6.45) is 1.66. The Kier molecular flexibility index (Phi) is 4.24. The second-order valence-corrected chi connectivity index (χ2v) is 5.73. The molecule has 23 heavy (non-hydrogen) atoms. The molecule has 1 aromatic carbocycles. The molecule has 6 nitrogen and oxygen atoms in total. The molecule has 0 saturated carbocycles. The third-order valence-corrected chi connectivity index (χ3v) is 4.01. The van der Waals surface area contributed by atoms with Gasteiger partial charge in [0, 0.05) is 28.3 Å². The van der Waals surface area contributed by atoms with Crippen LogP contribution in [0.5, 0.6) is 0 Å². The number of tetrazole rings is 1. The van der Waals surface area contributed by atoms with E-state index in [-0.39, 0.29) is 23.2 Å². The zero-order chi connectivity index (χ0) is 16.2. The minimum absolute atomic E-state index is 0.0416. The van der Waals surface area contributed by atoms with E-state index in [1.165, 1.54) is 23.5 Å². The maximum atomic E-state index is 12.9. The molecule has 0 saturated heterocycles. The number of carbonyl (C=O) groups is 1. The smallest absolute Gasteiger partial charge is 0.239 e. The molecule has 0 spiro atoms. The van der Waals surface area contributed by atoms with Crippen molar-refractivity contribution < 1.29 is 14.3 Å². The standard InChI is InChI=1S/C15H11FN4O2S/c16-11-3-1-9(2-4-11)5-12-6-10(8-23-12)13(21)7-14(22)15-17-19-20-18-15/h1-4,6-8,22H,5H2,(H,17,18,19,20). The number of halogens is 1. The number of thiophene rings is 1. The van der Waals surface area contributed by atoms with Gasteiger partial charge >= 0.3 is 0 Å². The van der Waals surface area contributed by atoms with Crippen LogP contribution in [0.4, 0.5) is 4.39 Å². The van der Waals surface area contributed by atoms with Crippen molar-refractivity contribution in [3.05, 3.63) is 69.4 Å². The van der Waals surface area contributed by atoms with Gasteiger partial charge in [0.15, 0.2) is 11.5 Å². The number of aliphatic hydroxyl groups is 1. The highest BCUT2D eigenvalue weighted by molar-refractivity contribution is 7.10. The third-order valence-electron chi connectivity index (χ3n) is 3.07. The van der Waals surface area contributed by atoms with Crippen LogP contribution in [0.25, 0.3) is 5.76 Å². The number of carbonyl (C=O) groups excluding carboxylic acids is 1. The minimum Gasteiger partial charge on any atom is -0.504 e. The maximum Gasteiger partial charge on any atom is 0.239 e. The number of hydrogen-bond acceptors (Lipinski definition) is 6. The quantitative estimate of drug-likeness (QED) is 0.426. The minimum atomic E-state index is -0.353. The molecule has 0 fully saturated rings. The van der Waals surface area contributed by atoms with Crippen LogP contribution in [0.2, 0.25) is 0 Å². The summed E-state index contributed by atoms with van der Waals surface area (Å²) in [7, 11) is 0. The number of nitrogens with one attached hydrogen (secondary N) is 1. The van der Waals surface area contributed by atoms with E-state index in [1.807, 2.05) is 0 Å². The van der Waals surface area contributed by atoms with Gasteiger partial charge in [0.05, 0.1) is 0 Å². The summed E-state index contributed by atoms with van der Waals surface area (Å²) in [6, 6.07) is 7.97. The Morgan fingerprint density at radius 1 is 1.35 bits per heavy atom. The third kappa shape index (κ3) is 3.67. The van der Waals surface area contributed by atoms with Crippen LogP contribution >= 0.6 is 11.3 Å². The van der Waals surface area contributed by atoms with Gasteiger partial charge in [-0.1, -0.05) is 12.1 Å². The fourth-order valence-corrected chi connectivity index (χ4v) is 2.86. The van der Waals surface area contributed by atoms with Gasteiger partial charge < -0.3 is 5.11 Å². The Balaban J connectivity index is 1.72. The van der Waals surface area contributed by atoms with Crippen molar-refractivity contribution >= 4 is 22.9 Å². The van der Waals surface area contributed by atoms with Crippen LogP contribution in [0.3, 0.4) is 0 Å². The molecule has 0 aliphatic rings. The number of benzene rings is 1. The lowest BCUT2D eigenvalue weighted by molar-refractivity contribution is 0.104. The molecule has 0 bridgehead atoms. The van der Waals surface area contributed by atoms with Crippen molar-refractivity contribution in [2.45, 2.75) is 6.42 Å². The lowest BCUT2D eigenvalue weighted by Gasteiger charge is -1.98. The van der Waals surface area contributed by atoms with Crippen LogP contribution in [0, 0.1) is 5.82 Å². The summed E-state index contributed by atoms with van der Waals surface area (Å²) in [6.45, 7) is 0. The first kappa shape index (κ1) is 15.0. The summed E-state index contributed by atoms with van der Waals surface area (Å²) >= 11 is 1.43. The largest absolute Gasteiger partial charge is 0.504 e. The van der Waals surface area contributed by atoms with E-state index in [4.69, 9.17) is 0 Å². The van der Waals surface area contributed by atoms with Crippen molar-refractivity contribution in [1.29, 1.82) is 0 Å². The fourth-order valence-electron chi connectivity index (χ4n) is 1.95. The lowest BCUT2D eigenvalue weighted by atomic mass is 10.1. The Morgan fingerprint density at radius 2 is 2.13 bits per heavy atom. The van der Waals surface area contributed by atoms with Crippen molar-refractivity contribution in [3.8, 4) is 0 Å². The topological polar surface area (TPSA) is 91.8 Å². The molecule has 8 heteroatoms. The van der Waals surface area contributed by atoms with Gasteiger partial charge in [-0.05, 0) is 29.0 Å². The normalized spacial score (nSPS) is 11.6. The van der Waals surface area contributed by atoms with Crippen LogP contribution in [0.1, 0.15) is 26.6 Å². The van der Waals surface area contributed by atoms with Gasteiger partial charge in [-0.25, -0.2) is 4.39 Å². The molecule has 0 amide bonds. The first-order valence-electron chi connectivity index (χ1n) is 6.62. The second-order valence-electron chi connectivity index (χ2n) is 4.73. The van der Waals surface area contributed by atoms with Crippen molar-refractivity contribution in [3.63, 3.8) is 0 Å². The van der Waals surface area contributed by atoms with E-state index in [1.54, 1.807) is 23.6 Å². The molecule has 0 atom stereocenters. The first-order valence-corrected chi connectivity index (χ1v) is 7.50. The molecule has 0 unspecified atom stereocenters. The van der Waals surface area contributed by atoms with Gasteiger partial charge in [0.1, 0.15) is 5.82 Å². The summed E-state index contributed by atoms with van der Waals surface area (Å²) in [5, 5.41) is 24.1. The van der Waals surface area contributed by atoms with E-state index >= 15 is 0 Å². The highest BCUT2D eigenvalue weighted by atomic mass is 32.1. The van der Waals surface area contributed by atoms with Gasteiger partial charge in [-0.15, -0.1) is 21.5 Å². The summed E-state index contributed by atoms with van der Waals surface area (Å²) in [4.78, 5) is 13.1. The molecule has 0 aliphatic heterocycles. The molecule has 3 aromatic rings. The average molecular weight is 330 g/mol. The van der Waals surface area contributed by atoms with Crippen LogP contribution in [-0.4, -0.2) is 31.5 Å². The highest BCUT2D eigenvalue weighted by Crippen LogP contribution is 2.20. The first-order chi connectivity index (χ1) is 11.1. The van der Waals surface area contributed by atoms with E-state index < -0.39 is 0 Å². The highest BCUT2D eigenvalue weighted by Gasteiger charge is 2.11. The number of nitrogens with zero attached hydrogens (tertiary/aromatic N) is 3. The Labute approximate surface area is 134 Å². The predicted octanol–water partition coefficient (Wildman–Crippen LogP) is 2.77. The zero-order valence-electron chi connectivity index (χ0n) is 11.7. The number of ketones is 1. The molecule has 3 rings (SSSR count). The zero-order valence-corrected chi connectivity index (χ0v) is 12.5. The van der Waals surface area contributed by atoms with Crippen LogP contribution in [-0.2, 0) is 6.42 Å². The van der Waals surface area contributed by atoms with Crippen molar-refractivity contribution in [2.24, 2.45) is 0 Å². The lowest BCUT2D eigenvalue weighted by Crippen LogP contribution is -1.96. The maximum absolute atomic E-state index is 12.9. The number of hydrogen-bond donors (Lipinski definition) is 2. The summed E-state index contributed by atoms with van der Waals surface area (Å²) in [5.41, 5.74) is 1.42. The number of allylic oxidation sites excluding steroid dienone is 1. The molecule has 0 radical (unpaired) electrons. The molecule has 116 valence electrons. The van der Waals surface area contributed by atoms with E-state index in [2.05, 4.69) is 20.6 Å². The average Bonchev–Trinajstić information content (AvgIpc) is 3.21. The number of rotatable bonds is 5. The van der Waals surface area contributed by atoms with Gasteiger partial charge in [-0.3, -0.25) is 4.79 Å².